The maximum Gasteiger partial charge on any atom is 0.316 e. The van der Waals surface area contributed by atoms with E-state index in [1.807, 2.05) is 56.3 Å². The van der Waals surface area contributed by atoms with Gasteiger partial charge in [0, 0.05) is 48.2 Å². The number of hydrogen-bond acceptors (Lipinski definition) is 4. The summed E-state index contributed by atoms with van der Waals surface area (Å²) in [6, 6.07) is 24.1. The third-order valence-electron chi connectivity index (χ3n) is 8.31. The van der Waals surface area contributed by atoms with E-state index in [1.165, 1.54) is 4.90 Å². The third-order valence-corrected chi connectivity index (χ3v) is 8.84. The summed E-state index contributed by atoms with van der Waals surface area (Å²) in [5.74, 6) is -3.37. The zero-order valence-corrected chi connectivity index (χ0v) is 25.0. The Hall–Kier alpha value is -3.78. The highest BCUT2D eigenvalue weighted by Crippen LogP contribution is 2.41. The highest BCUT2D eigenvalue weighted by atomic mass is 79.9. The molecule has 1 unspecified atom stereocenters. The van der Waals surface area contributed by atoms with Gasteiger partial charge in [0.05, 0.1) is 0 Å². The minimum absolute atomic E-state index is 0.0488. The fourth-order valence-corrected chi connectivity index (χ4v) is 5.89. The smallest absolute Gasteiger partial charge is 0.316 e. The quantitative estimate of drug-likeness (QED) is 0.216. The van der Waals surface area contributed by atoms with Gasteiger partial charge < -0.3 is 14.9 Å². The molecule has 7 nitrogen and oxygen atoms in total. The van der Waals surface area contributed by atoms with Crippen LogP contribution in [0.1, 0.15) is 53.8 Å². The van der Waals surface area contributed by atoms with Crippen molar-refractivity contribution in [1.29, 1.82) is 0 Å². The number of carbonyl (C=O) groups is 4. The summed E-state index contributed by atoms with van der Waals surface area (Å²) in [5.41, 5.74) is 2.01. The van der Waals surface area contributed by atoms with E-state index in [4.69, 9.17) is 0 Å². The number of carboxylic acids is 1. The molecule has 0 bridgehead atoms. The number of amides is 2. The Labute approximate surface area is 249 Å². The summed E-state index contributed by atoms with van der Waals surface area (Å²) >= 11 is 3.44. The zero-order valence-electron chi connectivity index (χ0n) is 23.4. The lowest BCUT2D eigenvalue weighted by Gasteiger charge is -2.41. The van der Waals surface area contributed by atoms with Crippen molar-refractivity contribution in [1.82, 2.24) is 9.80 Å². The normalized spacial score (nSPS) is 14.4. The summed E-state index contributed by atoms with van der Waals surface area (Å²) in [5, 5.41) is 10.3. The lowest BCUT2D eigenvalue weighted by Crippen LogP contribution is -2.55. The molecule has 0 radical (unpaired) electrons. The van der Waals surface area contributed by atoms with Crippen LogP contribution in [0.3, 0.4) is 0 Å². The maximum atomic E-state index is 13.7. The average Bonchev–Trinajstić information content (AvgIpc) is 3.01. The van der Waals surface area contributed by atoms with E-state index in [9.17, 15) is 24.3 Å². The number of carboxylic acid groups (broad SMARTS) is 1. The number of aliphatic carboxylic acids is 1. The second kappa shape index (κ2) is 13.3. The van der Waals surface area contributed by atoms with Crippen LogP contribution in [0.25, 0.3) is 11.1 Å². The number of rotatable bonds is 10. The van der Waals surface area contributed by atoms with Gasteiger partial charge in [0.2, 0.25) is 5.91 Å². The second-order valence-electron chi connectivity index (χ2n) is 10.5. The average molecular weight is 620 g/mol. The molecule has 41 heavy (non-hydrogen) atoms. The van der Waals surface area contributed by atoms with Crippen LogP contribution in [0.5, 0.6) is 0 Å². The van der Waals surface area contributed by atoms with E-state index in [0.29, 0.717) is 37.1 Å². The molecule has 1 aliphatic heterocycles. The number of Topliss-reactive ketones (excluding diaryl/α,β-unsaturated/α-hetero) is 1. The van der Waals surface area contributed by atoms with Crippen molar-refractivity contribution in [3.63, 3.8) is 0 Å². The Morgan fingerprint density at radius 3 is 1.78 bits per heavy atom. The first-order chi connectivity index (χ1) is 19.7. The van der Waals surface area contributed by atoms with E-state index < -0.39 is 23.2 Å². The van der Waals surface area contributed by atoms with Crippen molar-refractivity contribution in [2.24, 2.45) is 11.3 Å². The van der Waals surface area contributed by atoms with Gasteiger partial charge in [-0.25, -0.2) is 0 Å². The first-order valence-corrected chi connectivity index (χ1v) is 14.7. The van der Waals surface area contributed by atoms with Crippen LogP contribution in [-0.4, -0.2) is 64.7 Å². The highest BCUT2D eigenvalue weighted by Gasteiger charge is 2.48. The summed E-state index contributed by atoms with van der Waals surface area (Å²) < 4.78 is 0.980. The van der Waals surface area contributed by atoms with Crippen molar-refractivity contribution in [3.8, 4) is 11.1 Å². The van der Waals surface area contributed by atoms with Gasteiger partial charge in [-0.1, -0.05) is 84.4 Å². The number of piperazine rings is 1. The molecule has 0 saturated carbocycles. The molecule has 3 aromatic carbocycles. The summed E-state index contributed by atoms with van der Waals surface area (Å²) in [7, 11) is 0. The summed E-state index contributed by atoms with van der Waals surface area (Å²) in [6.07, 6.45) is 0.676. The lowest BCUT2D eigenvalue weighted by atomic mass is 9.67. The topological polar surface area (TPSA) is 95.0 Å². The van der Waals surface area contributed by atoms with Crippen molar-refractivity contribution < 1.29 is 24.3 Å². The molecule has 2 amide bonds. The van der Waals surface area contributed by atoms with E-state index in [-0.39, 0.29) is 31.2 Å². The third kappa shape index (κ3) is 6.76. The maximum absolute atomic E-state index is 13.7. The second-order valence-corrected chi connectivity index (χ2v) is 11.4. The van der Waals surface area contributed by atoms with Crippen LogP contribution in [0.15, 0.2) is 83.3 Å². The Kier molecular flexibility index (Phi) is 9.76. The summed E-state index contributed by atoms with van der Waals surface area (Å²) in [4.78, 5) is 55.9. The van der Waals surface area contributed by atoms with E-state index in [2.05, 4.69) is 15.9 Å². The molecule has 214 valence electrons. The molecule has 1 atom stereocenters. The monoisotopic (exact) mass is 618 g/mol. The Balaban J connectivity index is 1.47. The lowest BCUT2D eigenvalue weighted by molar-refractivity contribution is -0.159. The molecule has 0 spiro atoms. The van der Waals surface area contributed by atoms with Gasteiger partial charge >= 0.3 is 5.97 Å². The predicted octanol–water partition coefficient (Wildman–Crippen LogP) is 6.18. The number of hydrogen-bond donors (Lipinski definition) is 1. The van der Waals surface area contributed by atoms with Gasteiger partial charge in [0.25, 0.3) is 5.91 Å². The number of carbonyl (C=O) groups excluding carboxylic acids is 3. The van der Waals surface area contributed by atoms with Crippen LogP contribution >= 0.6 is 15.9 Å². The predicted molar refractivity (Wildman–Crippen MR) is 162 cm³/mol. The van der Waals surface area contributed by atoms with Gasteiger partial charge in [-0.15, -0.1) is 0 Å². The number of ketones is 1. The number of halogens is 1. The zero-order chi connectivity index (χ0) is 29.6. The first kappa shape index (κ1) is 30.2. The number of benzene rings is 3. The van der Waals surface area contributed by atoms with Crippen LogP contribution < -0.4 is 0 Å². The molecular formula is C33H35BrN2O5. The molecule has 0 aliphatic carbocycles. The van der Waals surface area contributed by atoms with E-state index in [0.717, 1.165) is 15.6 Å². The Bertz CT molecular complexity index is 1380. The van der Waals surface area contributed by atoms with Gasteiger partial charge in [-0.2, -0.15) is 0 Å². The standard InChI is InChI=1S/C33H35BrN2O5/c1-3-33(4-2,22-28(37)25-12-10-23(11-13-25)24-14-16-27(34)17-15-24)29(32(40)41)31(39)36-20-18-35(19-21-36)30(38)26-8-6-5-7-9-26/h5-17,29H,3-4,18-22H2,1-2H3,(H,40,41). The van der Waals surface area contributed by atoms with Crippen molar-refractivity contribution >= 4 is 39.5 Å². The van der Waals surface area contributed by atoms with Gasteiger partial charge in [0.1, 0.15) is 5.92 Å². The van der Waals surface area contributed by atoms with Crippen LogP contribution in [0.2, 0.25) is 0 Å². The van der Waals surface area contributed by atoms with Gasteiger partial charge in [-0.3, -0.25) is 19.2 Å². The molecule has 1 fully saturated rings. The molecule has 4 rings (SSSR count). The first-order valence-electron chi connectivity index (χ1n) is 13.9. The number of nitrogens with zero attached hydrogens (tertiary/aromatic N) is 2. The highest BCUT2D eigenvalue weighted by molar-refractivity contribution is 9.10. The molecular weight excluding hydrogens is 584 g/mol. The summed E-state index contributed by atoms with van der Waals surface area (Å²) in [6.45, 7) is 4.81. The molecule has 1 N–H and O–H groups in total. The minimum atomic E-state index is -1.36. The van der Waals surface area contributed by atoms with Crippen molar-refractivity contribution in [3.05, 3.63) is 94.5 Å². The molecule has 0 aromatic heterocycles. The fourth-order valence-electron chi connectivity index (χ4n) is 5.63. The minimum Gasteiger partial charge on any atom is -0.481 e. The molecule has 8 heteroatoms. The van der Waals surface area contributed by atoms with Gasteiger partial charge in [0.15, 0.2) is 5.78 Å². The van der Waals surface area contributed by atoms with Crippen LogP contribution in [0.4, 0.5) is 0 Å². The van der Waals surface area contributed by atoms with Crippen LogP contribution in [0, 0.1) is 11.3 Å². The Morgan fingerprint density at radius 2 is 1.27 bits per heavy atom. The Morgan fingerprint density at radius 1 is 0.756 bits per heavy atom. The van der Waals surface area contributed by atoms with E-state index in [1.54, 1.807) is 41.3 Å². The molecule has 1 heterocycles. The van der Waals surface area contributed by atoms with Crippen LogP contribution in [-0.2, 0) is 9.59 Å². The molecule has 3 aromatic rings. The van der Waals surface area contributed by atoms with Crippen molar-refractivity contribution in [2.75, 3.05) is 26.2 Å². The largest absolute Gasteiger partial charge is 0.481 e. The fraction of sp³-hybridized carbons (Fsp3) is 0.333. The van der Waals surface area contributed by atoms with Gasteiger partial charge in [-0.05, 0) is 53.6 Å². The van der Waals surface area contributed by atoms with Crippen molar-refractivity contribution in [2.45, 2.75) is 33.1 Å². The molecule has 1 aliphatic rings. The molecule has 1 saturated heterocycles. The van der Waals surface area contributed by atoms with E-state index >= 15 is 0 Å². The SMILES string of the molecule is CCC(CC)(CC(=O)c1ccc(-c2ccc(Br)cc2)cc1)C(C(=O)O)C(=O)N1CCN(C(=O)c2ccccc2)CC1.